The van der Waals surface area contributed by atoms with Gasteiger partial charge in [-0.1, -0.05) is 22.5 Å². The Labute approximate surface area is 96.3 Å². The molecule has 1 N–H and O–H groups in total. The number of halogens is 1. The van der Waals surface area contributed by atoms with Crippen LogP contribution in [-0.2, 0) is 4.79 Å². The van der Waals surface area contributed by atoms with Gasteiger partial charge in [-0.05, 0) is 24.3 Å². The highest BCUT2D eigenvalue weighted by molar-refractivity contribution is 9.10. The minimum absolute atomic E-state index is 0.0806. The maximum absolute atomic E-state index is 11.2. The van der Waals surface area contributed by atoms with Gasteiger partial charge in [-0.15, -0.1) is 0 Å². The lowest BCUT2D eigenvalue weighted by Crippen LogP contribution is -2.27. The number of ether oxygens (including phenoxy) is 1. The van der Waals surface area contributed by atoms with Gasteiger partial charge >= 0.3 is 0 Å². The molecule has 0 aliphatic carbocycles. The van der Waals surface area contributed by atoms with Crippen molar-refractivity contribution in [1.29, 1.82) is 0 Å². The Balaban J connectivity index is 2.23. The largest absolute Gasteiger partial charge is 0.491 e. The highest BCUT2D eigenvalue weighted by Gasteiger charge is 2.24. The van der Waals surface area contributed by atoms with Gasteiger partial charge in [-0.3, -0.25) is 4.79 Å². The fraction of sp³-hybridized carbons (Fsp3) is 0.182. The monoisotopic (exact) mass is 267 g/mol. The van der Waals surface area contributed by atoms with Gasteiger partial charge in [0.05, 0.1) is 6.04 Å². The number of carbonyl (C=O) groups excluding carboxylic acids is 1. The molecule has 0 spiro atoms. The van der Waals surface area contributed by atoms with Crippen molar-refractivity contribution >= 4 is 21.8 Å². The van der Waals surface area contributed by atoms with Crippen molar-refractivity contribution in [3.05, 3.63) is 40.9 Å². The molecule has 0 saturated heterocycles. The molecule has 1 aliphatic rings. The minimum Gasteiger partial charge on any atom is -0.491 e. The summed E-state index contributed by atoms with van der Waals surface area (Å²) in [4.78, 5) is 11.2. The van der Waals surface area contributed by atoms with Crippen LogP contribution in [0.1, 0.15) is 11.6 Å². The molecule has 1 aromatic carbocycles. The number of amides is 1. The first-order valence-electron chi connectivity index (χ1n) is 4.56. The van der Waals surface area contributed by atoms with Crippen LogP contribution in [0.3, 0.4) is 0 Å². The maximum Gasteiger partial charge on any atom is 0.243 e. The molecule has 0 aromatic heterocycles. The summed E-state index contributed by atoms with van der Waals surface area (Å²) in [5.74, 6) is 0.643. The number of fused-ring (bicyclic) bond motifs is 1. The molecule has 1 amide bonds. The Hall–Kier alpha value is -1.29. The van der Waals surface area contributed by atoms with E-state index in [2.05, 4.69) is 27.8 Å². The van der Waals surface area contributed by atoms with E-state index in [0.29, 0.717) is 6.61 Å². The second kappa shape index (κ2) is 4.06. The second-order valence-electron chi connectivity index (χ2n) is 3.26. The predicted molar refractivity (Wildman–Crippen MR) is 60.7 cm³/mol. The van der Waals surface area contributed by atoms with Gasteiger partial charge in [0.2, 0.25) is 5.91 Å². The van der Waals surface area contributed by atoms with Crippen molar-refractivity contribution < 1.29 is 9.53 Å². The zero-order valence-electron chi connectivity index (χ0n) is 8.00. The molecule has 0 saturated carbocycles. The summed E-state index contributed by atoms with van der Waals surface area (Å²) in [6, 6.07) is 5.68. The highest BCUT2D eigenvalue weighted by Crippen LogP contribution is 2.34. The third-order valence-electron chi connectivity index (χ3n) is 2.25. The number of carbonyl (C=O) groups is 1. The lowest BCUT2D eigenvalue weighted by Gasteiger charge is -2.09. The van der Waals surface area contributed by atoms with Crippen LogP contribution < -0.4 is 10.1 Å². The summed E-state index contributed by atoms with van der Waals surface area (Å²) < 4.78 is 6.42. The number of benzene rings is 1. The SMILES string of the molecule is C=CC(=O)NC1COc2ccc(Br)cc21. The van der Waals surface area contributed by atoms with Crippen LogP contribution in [0.2, 0.25) is 0 Å². The topological polar surface area (TPSA) is 38.3 Å². The van der Waals surface area contributed by atoms with Gasteiger partial charge in [0.25, 0.3) is 0 Å². The summed E-state index contributed by atoms with van der Waals surface area (Å²) >= 11 is 3.39. The predicted octanol–water partition coefficient (Wildman–Crippen LogP) is 2.18. The van der Waals surface area contributed by atoms with Crippen molar-refractivity contribution in [3.63, 3.8) is 0 Å². The van der Waals surface area contributed by atoms with Crippen LogP contribution in [-0.4, -0.2) is 12.5 Å². The van der Waals surface area contributed by atoms with E-state index in [9.17, 15) is 4.79 Å². The third kappa shape index (κ3) is 2.04. The standard InChI is InChI=1S/C11H10BrNO2/c1-2-11(14)13-9-6-15-10-4-3-7(12)5-8(9)10/h2-5,9H,1,6H2,(H,13,14). The first-order valence-corrected chi connectivity index (χ1v) is 5.35. The van der Waals surface area contributed by atoms with Crippen LogP contribution in [0.25, 0.3) is 0 Å². The van der Waals surface area contributed by atoms with E-state index in [-0.39, 0.29) is 11.9 Å². The van der Waals surface area contributed by atoms with Crippen molar-refractivity contribution in [2.75, 3.05) is 6.61 Å². The van der Waals surface area contributed by atoms with Crippen LogP contribution in [0.5, 0.6) is 5.75 Å². The van der Waals surface area contributed by atoms with Gasteiger partial charge in [0.1, 0.15) is 12.4 Å². The fourth-order valence-electron chi connectivity index (χ4n) is 1.54. The summed E-state index contributed by atoms with van der Waals surface area (Å²) in [5.41, 5.74) is 1.000. The van der Waals surface area contributed by atoms with E-state index in [1.54, 1.807) is 0 Å². The van der Waals surface area contributed by atoms with E-state index < -0.39 is 0 Å². The minimum atomic E-state index is -0.184. The van der Waals surface area contributed by atoms with Gasteiger partial charge in [0.15, 0.2) is 0 Å². The number of rotatable bonds is 2. The molecule has 2 rings (SSSR count). The molecule has 0 radical (unpaired) electrons. The van der Waals surface area contributed by atoms with Gasteiger partial charge < -0.3 is 10.1 Å². The summed E-state index contributed by atoms with van der Waals surface area (Å²) in [6.45, 7) is 3.89. The third-order valence-corrected chi connectivity index (χ3v) is 2.75. The lowest BCUT2D eigenvalue weighted by atomic mass is 10.1. The molecule has 78 valence electrons. The second-order valence-corrected chi connectivity index (χ2v) is 4.17. The van der Waals surface area contributed by atoms with Gasteiger partial charge in [-0.2, -0.15) is 0 Å². The smallest absolute Gasteiger partial charge is 0.243 e. The molecule has 1 atom stereocenters. The molecule has 0 bridgehead atoms. The van der Waals surface area contributed by atoms with Gasteiger partial charge in [0, 0.05) is 10.0 Å². The molecule has 1 unspecified atom stereocenters. The van der Waals surface area contributed by atoms with E-state index in [4.69, 9.17) is 4.74 Å². The van der Waals surface area contributed by atoms with Crippen LogP contribution in [0.15, 0.2) is 35.3 Å². The quantitative estimate of drug-likeness (QED) is 0.835. The van der Waals surface area contributed by atoms with E-state index >= 15 is 0 Å². The van der Waals surface area contributed by atoms with Gasteiger partial charge in [-0.25, -0.2) is 0 Å². The highest BCUT2D eigenvalue weighted by atomic mass is 79.9. The molecule has 0 fully saturated rings. The van der Waals surface area contributed by atoms with Crippen LogP contribution >= 0.6 is 15.9 Å². The molecule has 15 heavy (non-hydrogen) atoms. The fourth-order valence-corrected chi connectivity index (χ4v) is 1.91. The molecule has 1 aromatic rings. The van der Waals surface area contributed by atoms with Crippen molar-refractivity contribution in [3.8, 4) is 5.75 Å². The number of nitrogens with one attached hydrogen (secondary N) is 1. The lowest BCUT2D eigenvalue weighted by molar-refractivity contribution is -0.117. The Morgan fingerprint density at radius 1 is 1.67 bits per heavy atom. The number of hydrogen-bond donors (Lipinski definition) is 1. The zero-order chi connectivity index (χ0) is 10.8. The van der Waals surface area contributed by atoms with Crippen LogP contribution in [0.4, 0.5) is 0 Å². The summed E-state index contributed by atoms with van der Waals surface area (Å²) in [6.07, 6.45) is 1.26. The average Bonchev–Trinajstić information content (AvgIpc) is 2.61. The van der Waals surface area contributed by atoms with E-state index in [1.807, 2.05) is 18.2 Å². The van der Waals surface area contributed by atoms with Crippen molar-refractivity contribution in [1.82, 2.24) is 5.32 Å². The first-order chi connectivity index (χ1) is 7.20. The molecule has 1 aliphatic heterocycles. The zero-order valence-corrected chi connectivity index (χ0v) is 9.58. The van der Waals surface area contributed by atoms with Crippen LogP contribution in [0, 0.1) is 0 Å². The molecule has 4 heteroatoms. The normalized spacial score (nSPS) is 17.8. The Kier molecular flexibility index (Phi) is 2.77. The molecular formula is C11H10BrNO2. The van der Waals surface area contributed by atoms with E-state index in [0.717, 1.165) is 15.8 Å². The molecular weight excluding hydrogens is 258 g/mol. The average molecular weight is 268 g/mol. The van der Waals surface area contributed by atoms with Crippen molar-refractivity contribution in [2.24, 2.45) is 0 Å². The Bertz CT molecular complexity index is 417. The van der Waals surface area contributed by atoms with E-state index in [1.165, 1.54) is 6.08 Å². The van der Waals surface area contributed by atoms with Crippen molar-refractivity contribution in [2.45, 2.75) is 6.04 Å². The Morgan fingerprint density at radius 3 is 3.20 bits per heavy atom. The number of hydrogen-bond acceptors (Lipinski definition) is 2. The maximum atomic E-state index is 11.2. The summed E-state index contributed by atoms with van der Waals surface area (Å²) in [5, 5.41) is 2.81. The Morgan fingerprint density at radius 2 is 2.47 bits per heavy atom. The summed E-state index contributed by atoms with van der Waals surface area (Å²) in [7, 11) is 0. The molecule has 3 nitrogen and oxygen atoms in total. The first kappa shape index (κ1) is 10.2. The molecule has 1 heterocycles.